The maximum atomic E-state index is 12.0. The van der Waals surface area contributed by atoms with Crippen LogP contribution in [0.25, 0.3) is 0 Å². The quantitative estimate of drug-likeness (QED) is 0.842. The Kier molecular flexibility index (Phi) is 3.90. The van der Waals surface area contributed by atoms with E-state index in [1.165, 1.54) is 4.88 Å². The van der Waals surface area contributed by atoms with Crippen molar-refractivity contribution in [3.8, 4) is 0 Å². The summed E-state index contributed by atoms with van der Waals surface area (Å²) in [7, 11) is 0. The van der Waals surface area contributed by atoms with Crippen molar-refractivity contribution < 1.29 is 9.53 Å². The fraction of sp³-hybridized carbons (Fsp3) is 0.667. The first-order chi connectivity index (χ1) is 8.84. The highest BCUT2D eigenvalue weighted by atomic mass is 32.1. The number of ether oxygens (including phenoxy) is 1. The van der Waals surface area contributed by atoms with E-state index in [2.05, 4.69) is 20.8 Å². The van der Waals surface area contributed by atoms with Gasteiger partial charge in [-0.3, -0.25) is 0 Å². The average Bonchev–Trinajstić information content (AvgIpc) is 2.62. The summed E-state index contributed by atoms with van der Waals surface area (Å²) in [5.41, 5.74) is 8.10. The van der Waals surface area contributed by atoms with Crippen LogP contribution in [-0.2, 0) is 17.6 Å². The molecule has 106 valence electrons. The van der Waals surface area contributed by atoms with Crippen molar-refractivity contribution in [2.24, 2.45) is 11.3 Å². The number of hydrogen-bond acceptors (Lipinski definition) is 4. The number of thiophene rings is 1. The Bertz CT molecular complexity index is 485. The third kappa shape index (κ3) is 2.78. The topological polar surface area (TPSA) is 52.3 Å². The summed E-state index contributed by atoms with van der Waals surface area (Å²) < 4.78 is 5.12. The number of carbonyl (C=O) groups excluding carboxylic acids is 1. The lowest BCUT2D eigenvalue weighted by molar-refractivity contribution is 0.0526. The van der Waals surface area contributed by atoms with Crippen LogP contribution in [0.5, 0.6) is 0 Å². The second-order valence-corrected chi connectivity index (χ2v) is 7.41. The molecule has 1 aromatic heterocycles. The van der Waals surface area contributed by atoms with Crippen LogP contribution in [0.1, 0.15) is 54.9 Å². The lowest BCUT2D eigenvalue weighted by atomic mass is 9.72. The zero-order valence-electron chi connectivity index (χ0n) is 12.2. The van der Waals surface area contributed by atoms with E-state index in [9.17, 15) is 4.79 Å². The van der Waals surface area contributed by atoms with Crippen molar-refractivity contribution in [1.29, 1.82) is 0 Å². The highest BCUT2D eigenvalue weighted by Gasteiger charge is 2.33. The van der Waals surface area contributed by atoms with Crippen molar-refractivity contribution >= 4 is 22.3 Å². The predicted molar refractivity (Wildman–Crippen MR) is 79.7 cm³/mol. The summed E-state index contributed by atoms with van der Waals surface area (Å²) >= 11 is 1.57. The first-order valence-electron chi connectivity index (χ1n) is 6.91. The van der Waals surface area contributed by atoms with Gasteiger partial charge in [-0.05, 0) is 43.1 Å². The summed E-state index contributed by atoms with van der Waals surface area (Å²) in [6.45, 7) is 9.07. The minimum atomic E-state index is -0.258. The molecule has 1 atom stereocenters. The maximum absolute atomic E-state index is 12.0. The molecule has 0 saturated heterocycles. The molecule has 0 radical (unpaired) electrons. The first kappa shape index (κ1) is 14.4. The maximum Gasteiger partial charge on any atom is 0.341 e. The first-order valence-corrected chi connectivity index (χ1v) is 7.73. The Morgan fingerprint density at radius 3 is 2.74 bits per heavy atom. The van der Waals surface area contributed by atoms with Gasteiger partial charge in [-0.25, -0.2) is 4.79 Å². The summed E-state index contributed by atoms with van der Waals surface area (Å²) in [6.07, 6.45) is 3.10. The molecule has 1 heterocycles. The molecule has 3 nitrogen and oxygen atoms in total. The Hall–Kier alpha value is -1.03. The molecule has 2 N–H and O–H groups in total. The summed E-state index contributed by atoms with van der Waals surface area (Å²) in [4.78, 5) is 13.3. The van der Waals surface area contributed by atoms with E-state index in [1.807, 2.05) is 6.92 Å². The molecular weight excluding hydrogens is 258 g/mol. The summed E-state index contributed by atoms with van der Waals surface area (Å²) in [5.74, 6) is 0.403. The largest absolute Gasteiger partial charge is 0.462 e. The second kappa shape index (κ2) is 5.16. The van der Waals surface area contributed by atoms with E-state index in [0.717, 1.165) is 24.8 Å². The molecule has 0 spiro atoms. The fourth-order valence-electron chi connectivity index (χ4n) is 2.77. The number of anilines is 1. The number of carbonyl (C=O) groups is 1. The molecule has 0 aliphatic heterocycles. The van der Waals surface area contributed by atoms with Gasteiger partial charge in [-0.1, -0.05) is 20.8 Å². The molecule has 1 aromatic rings. The van der Waals surface area contributed by atoms with Gasteiger partial charge in [0, 0.05) is 4.88 Å². The molecule has 2 rings (SSSR count). The van der Waals surface area contributed by atoms with Crippen LogP contribution < -0.4 is 5.73 Å². The molecule has 0 fully saturated rings. The number of nitrogens with two attached hydrogens (primary N) is 1. The van der Waals surface area contributed by atoms with Crippen molar-refractivity contribution in [2.75, 3.05) is 12.3 Å². The third-order valence-corrected chi connectivity index (χ3v) is 5.08. The molecule has 0 bridgehead atoms. The highest BCUT2D eigenvalue weighted by Crippen LogP contribution is 2.43. The molecule has 19 heavy (non-hydrogen) atoms. The zero-order valence-corrected chi connectivity index (χ0v) is 13.0. The van der Waals surface area contributed by atoms with E-state index in [1.54, 1.807) is 11.3 Å². The molecule has 4 heteroatoms. The van der Waals surface area contributed by atoms with Gasteiger partial charge >= 0.3 is 5.97 Å². The Morgan fingerprint density at radius 2 is 2.16 bits per heavy atom. The number of hydrogen-bond donors (Lipinski definition) is 1. The van der Waals surface area contributed by atoms with Gasteiger partial charge in [0.2, 0.25) is 0 Å². The Balaban J connectivity index is 2.30. The minimum absolute atomic E-state index is 0.258. The van der Waals surface area contributed by atoms with Crippen LogP contribution in [0.2, 0.25) is 0 Å². The normalized spacial score (nSPS) is 19.1. The van der Waals surface area contributed by atoms with Gasteiger partial charge in [0.1, 0.15) is 5.00 Å². The fourth-order valence-corrected chi connectivity index (χ4v) is 3.96. The zero-order chi connectivity index (χ0) is 14.2. The van der Waals surface area contributed by atoms with E-state index >= 15 is 0 Å². The number of fused-ring (bicyclic) bond motifs is 1. The molecule has 1 unspecified atom stereocenters. The van der Waals surface area contributed by atoms with Gasteiger partial charge in [0.05, 0.1) is 12.2 Å². The predicted octanol–water partition coefficient (Wildman–Crippen LogP) is 3.66. The van der Waals surface area contributed by atoms with Gasteiger partial charge in [-0.15, -0.1) is 11.3 Å². The van der Waals surface area contributed by atoms with Crippen LogP contribution in [0.4, 0.5) is 5.00 Å². The smallest absolute Gasteiger partial charge is 0.341 e. The monoisotopic (exact) mass is 281 g/mol. The van der Waals surface area contributed by atoms with Crippen molar-refractivity contribution in [2.45, 2.75) is 47.0 Å². The average molecular weight is 281 g/mol. The molecule has 0 amide bonds. The van der Waals surface area contributed by atoms with Crippen molar-refractivity contribution in [3.63, 3.8) is 0 Å². The Morgan fingerprint density at radius 1 is 1.47 bits per heavy atom. The molecule has 0 saturated carbocycles. The molecular formula is C15H23NO2S. The SMILES string of the molecule is CCOC(=O)c1c(N)sc2c1CCC(C(C)(C)C)C2. The van der Waals surface area contributed by atoms with Crippen molar-refractivity contribution in [1.82, 2.24) is 0 Å². The summed E-state index contributed by atoms with van der Waals surface area (Å²) in [6, 6.07) is 0. The number of esters is 1. The van der Waals surface area contributed by atoms with Crippen molar-refractivity contribution in [3.05, 3.63) is 16.0 Å². The highest BCUT2D eigenvalue weighted by molar-refractivity contribution is 7.16. The van der Waals surface area contributed by atoms with E-state index in [-0.39, 0.29) is 5.97 Å². The van der Waals surface area contributed by atoms with Crippen LogP contribution in [-0.4, -0.2) is 12.6 Å². The van der Waals surface area contributed by atoms with Crippen LogP contribution in [0, 0.1) is 11.3 Å². The summed E-state index contributed by atoms with van der Waals surface area (Å²) in [5, 5.41) is 0.623. The van der Waals surface area contributed by atoms with Gasteiger partial charge < -0.3 is 10.5 Å². The van der Waals surface area contributed by atoms with Gasteiger partial charge in [0.25, 0.3) is 0 Å². The molecule has 1 aliphatic rings. The minimum Gasteiger partial charge on any atom is -0.462 e. The number of nitrogen functional groups attached to an aromatic ring is 1. The van der Waals surface area contributed by atoms with Crippen LogP contribution >= 0.6 is 11.3 Å². The molecule has 1 aliphatic carbocycles. The van der Waals surface area contributed by atoms with Gasteiger partial charge in [0.15, 0.2) is 0 Å². The van der Waals surface area contributed by atoms with Crippen LogP contribution in [0.15, 0.2) is 0 Å². The second-order valence-electron chi connectivity index (χ2n) is 6.27. The van der Waals surface area contributed by atoms with E-state index in [0.29, 0.717) is 28.5 Å². The third-order valence-electron chi connectivity index (χ3n) is 4.00. The Labute approximate surface area is 119 Å². The standard InChI is InChI=1S/C15H23NO2S/c1-5-18-14(17)12-10-7-6-9(15(2,3)4)8-11(10)19-13(12)16/h9H,5-8,16H2,1-4H3. The lowest BCUT2D eigenvalue weighted by Crippen LogP contribution is -2.26. The van der Waals surface area contributed by atoms with Crippen LogP contribution in [0.3, 0.4) is 0 Å². The lowest BCUT2D eigenvalue weighted by Gasteiger charge is -2.33. The van der Waals surface area contributed by atoms with E-state index < -0.39 is 0 Å². The van der Waals surface area contributed by atoms with Gasteiger partial charge in [-0.2, -0.15) is 0 Å². The molecule has 0 aromatic carbocycles. The van der Waals surface area contributed by atoms with E-state index in [4.69, 9.17) is 10.5 Å². The number of rotatable bonds is 2.